The standard InChI is InChI=1S/C13H20N2O2.C10H20O2/c1-3-15(4-2)9-10-17-13(16)11-5-7-12(14)8-6-11;1-2-3-4-5-6-7-8-9-10(11)12/h5-8H,3-4,9-10,14H2,1-2H3;2-9H2,1H3,(H,11,12). The van der Waals surface area contributed by atoms with Crippen molar-refractivity contribution in [3.63, 3.8) is 0 Å². The molecule has 0 heterocycles. The molecule has 0 fully saturated rings. The van der Waals surface area contributed by atoms with Crippen molar-refractivity contribution in [2.24, 2.45) is 0 Å². The van der Waals surface area contributed by atoms with Gasteiger partial charge in [-0.25, -0.2) is 4.79 Å². The first kappa shape index (κ1) is 26.9. The Kier molecular flexibility index (Phi) is 16.7. The zero-order valence-corrected chi connectivity index (χ0v) is 18.5. The maximum atomic E-state index is 11.6. The molecule has 0 saturated heterocycles. The summed E-state index contributed by atoms with van der Waals surface area (Å²) in [6, 6.07) is 6.74. The van der Waals surface area contributed by atoms with Crippen LogP contribution in [0.5, 0.6) is 0 Å². The Balaban J connectivity index is 0.000000578. The van der Waals surface area contributed by atoms with Gasteiger partial charge >= 0.3 is 11.9 Å². The SMILES string of the molecule is CCCCCCCCCC(=O)O.CCN(CC)CCOC(=O)c1ccc(N)cc1. The van der Waals surface area contributed by atoms with E-state index in [-0.39, 0.29) is 5.97 Å². The minimum atomic E-state index is -0.663. The molecule has 1 aromatic rings. The second-order valence-electron chi connectivity index (χ2n) is 7.05. The fraction of sp³-hybridized carbons (Fsp3) is 0.652. The molecule has 1 rings (SSSR count). The van der Waals surface area contributed by atoms with Gasteiger partial charge in [0.25, 0.3) is 0 Å². The average molecular weight is 409 g/mol. The van der Waals surface area contributed by atoms with Crippen LogP contribution in [-0.4, -0.2) is 48.2 Å². The van der Waals surface area contributed by atoms with Gasteiger partial charge in [0.2, 0.25) is 0 Å². The molecule has 6 nitrogen and oxygen atoms in total. The van der Waals surface area contributed by atoms with Gasteiger partial charge in [-0.1, -0.05) is 59.3 Å². The van der Waals surface area contributed by atoms with Crippen LogP contribution >= 0.6 is 0 Å². The zero-order valence-electron chi connectivity index (χ0n) is 18.5. The molecule has 0 spiro atoms. The highest BCUT2D eigenvalue weighted by molar-refractivity contribution is 5.89. The van der Waals surface area contributed by atoms with E-state index in [2.05, 4.69) is 25.7 Å². The Morgan fingerprint density at radius 1 is 0.931 bits per heavy atom. The lowest BCUT2D eigenvalue weighted by Gasteiger charge is -2.17. The Hall–Kier alpha value is -2.08. The van der Waals surface area contributed by atoms with Crippen LogP contribution in [0.3, 0.4) is 0 Å². The highest BCUT2D eigenvalue weighted by Gasteiger charge is 2.07. The maximum absolute atomic E-state index is 11.6. The largest absolute Gasteiger partial charge is 0.481 e. The molecule has 3 N–H and O–H groups in total. The van der Waals surface area contributed by atoms with Gasteiger partial charge in [-0.2, -0.15) is 0 Å². The molecule has 0 amide bonds. The number of carbonyl (C=O) groups excluding carboxylic acids is 1. The third-order valence-electron chi connectivity index (χ3n) is 4.68. The van der Waals surface area contributed by atoms with E-state index in [1.165, 1.54) is 32.1 Å². The molecule has 0 aliphatic heterocycles. The minimum absolute atomic E-state index is 0.294. The van der Waals surface area contributed by atoms with Crippen LogP contribution in [0.25, 0.3) is 0 Å². The number of rotatable bonds is 14. The summed E-state index contributed by atoms with van der Waals surface area (Å²) in [4.78, 5) is 24.0. The van der Waals surface area contributed by atoms with Crippen LogP contribution in [0.4, 0.5) is 5.69 Å². The van der Waals surface area contributed by atoms with Crippen molar-refractivity contribution >= 4 is 17.6 Å². The molecular formula is C23H40N2O4. The minimum Gasteiger partial charge on any atom is -0.481 e. The molecule has 1 aromatic carbocycles. The highest BCUT2D eigenvalue weighted by atomic mass is 16.5. The fourth-order valence-electron chi connectivity index (χ4n) is 2.74. The Labute approximate surface area is 176 Å². The van der Waals surface area contributed by atoms with Crippen molar-refractivity contribution in [2.45, 2.75) is 72.1 Å². The Bertz CT molecular complexity index is 542. The maximum Gasteiger partial charge on any atom is 0.338 e. The van der Waals surface area contributed by atoms with Gasteiger partial charge in [0.1, 0.15) is 6.61 Å². The molecule has 0 aliphatic rings. The fourth-order valence-corrected chi connectivity index (χ4v) is 2.74. The average Bonchev–Trinajstić information content (AvgIpc) is 2.71. The molecule has 0 radical (unpaired) electrons. The summed E-state index contributed by atoms with van der Waals surface area (Å²) in [6.45, 7) is 9.51. The van der Waals surface area contributed by atoms with Crippen molar-refractivity contribution < 1.29 is 19.4 Å². The predicted octanol–water partition coefficient (Wildman–Crippen LogP) is 4.98. The van der Waals surface area contributed by atoms with Crippen LogP contribution in [0.1, 0.15) is 82.5 Å². The van der Waals surface area contributed by atoms with Crippen LogP contribution in [0.15, 0.2) is 24.3 Å². The van der Waals surface area contributed by atoms with E-state index < -0.39 is 5.97 Å². The summed E-state index contributed by atoms with van der Waals surface area (Å²) in [6.07, 6.45) is 8.64. The van der Waals surface area contributed by atoms with Crippen molar-refractivity contribution in [2.75, 3.05) is 32.0 Å². The molecule has 29 heavy (non-hydrogen) atoms. The van der Waals surface area contributed by atoms with Crippen molar-refractivity contribution in [1.29, 1.82) is 0 Å². The molecule has 0 bridgehead atoms. The van der Waals surface area contributed by atoms with Gasteiger partial charge in [0.05, 0.1) is 5.56 Å². The molecule has 6 heteroatoms. The van der Waals surface area contributed by atoms with Crippen molar-refractivity contribution in [3.8, 4) is 0 Å². The Morgan fingerprint density at radius 3 is 2.00 bits per heavy atom. The quantitative estimate of drug-likeness (QED) is 0.256. The summed E-state index contributed by atoms with van der Waals surface area (Å²) in [5, 5.41) is 8.35. The van der Waals surface area contributed by atoms with Gasteiger partial charge in [0, 0.05) is 18.7 Å². The van der Waals surface area contributed by atoms with E-state index >= 15 is 0 Å². The second kappa shape index (κ2) is 18.0. The number of hydrogen-bond donors (Lipinski definition) is 2. The molecule has 0 unspecified atom stereocenters. The third-order valence-corrected chi connectivity index (χ3v) is 4.68. The molecule has 0 aliphatic carbocycles. The topological polar surface area (TPSA) is 92.9 Å². The van der Waals surface area contributed by atoms with E-state index in [1.807, 2.05) is 0 Å². The van der Waals surface area contributed by atoms with E-state index in [1.54, 1.807) is 24.3 Å². The van der Waals surface area contributed by atoms with E-state index in [4.69, 9.17) is 15.6 Å². The number of likely N-dealkylation sites (N-methyl/N-ethyl adjacent to an activating group) is 1. The first-order valence-electron chi connectivity index (χ1n) is 10.9. The van der Waals surface area contributed by atoms with Crippen molar-refractivity contribution in [1.82, 2.24) is 4.90 Å². The summed E-state index contributed by atoms with van der Waals surface area (Å²) in [7, 11) is 0. The number of unbranched alkanes of at least 4 members (excludes halogenated alkanes) is 6. The van der Waals surface area contributed by atoms with Gasteiger partial charge in [-0.3, -0.25) is 4.79 Å². The van der Waals surface area contributed by atoms with E-state index in [0.717, 1.165) is 32.5 Å². The first-order valence-corrected chi connectivity index (χ1v) is 10.9. The van der Waals surface area contributed by atoms with Gasteiger partial charge in [-0.15, -0.1) is 0 Å². The van der Waals surface area contributed by atoms with Crippen LogP contribution in [0.2, 0.25) is 0 Å². The molecular weight excluding hydrogens is 368 g/mol. The second-order valence-corrected chi connectivity index (χ2v) is 7.05. The monoisotopic (exact) mass is 408 g/mol. The van der Waals surface area contributed by atoms with Gasteiger partial charge in [0.15, 0.2) is 0 Å². The summed E-state index contributed by atoms with van der Waals surface area (Å²) in [5.41, 5.74) is 6.73. The van der Waals surface area contributed by atoms with E-state index in [0.29, 0.717) is 24.3 Å². The van der Waals surface area contributed by atoms with Crippen molar-refractivity contribution in [3.05, 3.63) is 29.8 Å². The Morgan fingerprint density at radius 2 is 1.48 bits per heavy atom. The molecule has 166 valence electrons. The molecule has 0 atom stereocenters. The first-order chi connectivity index (χ1) is 13.9. The summed E-state index contributed by atoms with van der Waals surface area (Å²) >= 11 is 0. The number of nitrogen functional groups attached to an aromatic ring is 1. The number of ether oxygens (including phenoxy) is 1. The number of benzene rings is 1. The lowest BCUT2D eigenvalue weighted by atomic mass is 10.1. The number of esters is 1. The zero-order chi connectivity index (χ0) is 21.9. The number of carboxylic acids is 1. The third kappa shape index (κ3) is 15.5. The van der Waals surface area contributed by atoms with E-state index in [9.17, 15) is 9.59 Å². The van der Waals surface area contributed by atoms with Crippen LogP contribution in [-0.2, 0) is 9.53 Å². The highest BCUT2D eigenvalue weighted by Crippen LogP contribution is 2.08. The predicted molar refractivity (Wildman–Crippen MR) is 119 cm³/mol. The van der Waals surface area contributed by atoms with Crippen LogP contribution < -0.4 is 5.73 Å². The van der Waals surface area contributed by atoms with Crippen LogP contribution in [0, 0.1) is 0 Å². The van der Waals surface area contributed by atoms with Gasteiger partial charge < -0.3 is 20.5 Å². The lowest BCUT2D eigenvalue weighted by Crippen LogP contribution is -2.27. The molecule has 0 aromatic heterocycles. The number of carbonyl (C=O) groups is 2. The van der Waals surface area contributed by atoms with Gasteiger partial charge in [-0.05, 0) is 43.8 Å². The summed E-state index contributed by atoms with van der Waals surface area (Å²) in [5.74, 6) is -0.958. The number of anilines is 1. The normalized spacial score (nSPS) is 10.3. The lowest BCUT2D eigenvalue weighted by molar-refractivity contribution is -0.137. The summed E-state index contributed by atoms with van der Waals surface area (Å²) < 4.78 is 5.18. The number of nitrogens with zero attached hydrogens (tertiary/aromatic N) is 1. The number of carboxylic acid groups (broad SMARTS) is 1. The number of nitrogens with two attached hydrogens (primary N) is 1. The molecule has 0 saturated carbocycles. The number of aliphatic carboxylic acids is 1. The smallest absolute Gasteiger partial charge is 0.338 e. The number of hydrogen-bond acceptors (Lipinski definition) is 5.